The van der Waals surface area contributed by atoms with E-state index in [2.05, 4.69) is 22.2 Å². The summed E-state index contributed by atoms with van der Waals surface area (Å²) in [6.45, 7) is 2.91. The molecule has 0 radical (unpaired) electrons. The van der Waals surface area contributed by atoms with Crippen molar-refractivity contribution in [2.45, 2.75) is 25.4 Å². The first-order valence-corrected chi connectivity index (χ1v) is 10.3. The number of benzene rings is 2. The minimum Gasteiger partial charge on any atom is -0.481 e. The maximum Gasteiger partial charge on any atom is 0.300 e. The van der Waals surface area contributed by atoms with Crippen LogP contribution in [-0.2, 0) is 10.5 Å². The standard InChI is InChI=1S/C21H20FN5O.C2H4O2/c1-26-12-10-21(11-13-26)24-17-5-3-2-4-16(17)19-23-20(28)18(25-27(19)21)14-6-8-15(22)9-7-14;1-2(3)4/h2-9,24H,10-13H2,1H3;1H3,(H,3,4). The smallest absolute Gasteiger partial charge is 0.300 e. The minimum absolute atomic E-state index is 0.239. The molecule has 1 saturated heterocycles. The molecule has 3 heterocycles. The fourth-order valence-electron chi connectivity index (χ4n) is 4.06. The Morgan fingerprint density at radius 2 is 1.75 bits per heavy atom. The Bertz CT molecular complexity index is 1200. The number of nitrogens with one attached hydrogen (secondary N) is 1. The Balaban J connectivity index is 0.000000567. The van der Waals surface area contributed by atoms with Crippen molar-refractivity contribution in [2.75, 3.05) is 25.5 Å². The lowest BCUT2D eigenvalue weighted by Crippen LogP contribution is -2.53. The molecule has 0 saturated carbocycles. The first kappa shape index (κ1) is 21.6. The van der Waals surface area contributed by atoms with Crippen LogP contribution in [0, 0.1) is 5.82 Å². The third-order valence-corrected chi connectivity index (χ3v) is 5.68. The van der Waals surface area contributed by atoms with Gasteiger partial charge in [0, 0.05) is 49.7 Å². The van der Waals surface area contributed by atoms with Gasteiger partial charge in [-0.05, 0) is 43.4 Å². The molecule has 8 nitrogen and oxygen atoms in total. The van der Waals surface area contributed by atoms with Crippen LogP contribution in [0.5, 0.6) is 0 Å². The van der Waals surface area contributed by atoms with Crippen molar-refractivity contribution in [2.24, 2.45) is 0 Å². The second kappa shape index (κ2) is 8.51. The van der Waals surface area contributed by atoms with E-state index in [-0.39, 0.29) is 11.5 Å². The van der Waals surface area contributed by atoms with Crippen molar-refractivity contribution >= 4 is 11.7 Å². The molecule has 2 aliphatic rings. The zero-order valence-corrected chi connectivity index (χ0v) is 17.9. The van der Waals surface area contributed by atoms with Gasteiger partial charge in [-0.25, -0.2) is 9.07 Å². The Hall–Kier alpha value is -3.59. The number of aliphatic carboxylic acids is 1. The van der Waals surface area contributed by atoms with Crippen LogP contribution in [0.15, 0.2) is 53.3 Å². The predicted molar refractivity (Wildman–Crippen MR) is 119 cm³/mol. The molecule has 5 rings (SSSR count). The molecule has 3 aromatic rings. The summed E-state index contributed by atoms with van der Waals surface area (Å²) in [6, 6.07) is 13.7. The van der Waals surface area contributed by atoms with Gasteiger partial charge in [-0.15, -0.1) is 0 Å². The largest absolute Gasteiger partial charge is 0.481 e. The quantitative estimate of drug-likeness (QED) is 0.604. The van der Waals surface area contributed by atoms with Crippen LogP contribution in [0.1, 0.15) is 19.8 Å². The SMILES string of the molecule is CC(=O)O.CN1CCC2(CC1)Nc1ccccc1-c1nc(=O)c(-c3ccc(F)cc3)nn12. The van der Waals surface area contributed by atoms with E-state index in [1.807, 2.05) is 28.9 Å². The van der Waals surface area contributed by atoms with Crippen molar-refractivity contribution in [3.8, 4) is 22.6 Å². The van der Waals surface area contributed by atoms with Gasteiger partial charge in [0.2, 0.25) is 0 Å². The van der Waals surface area contributed by atoms with Crippen molar-refractivity contribution in [3.05, 3.63) is 64.7 Å². The van der Waals surface area contributed by atoms with Gasteiger partial charge in [-0.2, -0.15) is 10.1 Å². The van der Waals surface area contributed by atoms with Gasteiger partial charge in [0.1, 0.15) is 11.5 Å². The highest BCUT2D eigenvalue weighted by Gasteiger charge is 2.42. The van der Waals surface area contributed by atoms with Crippen molar-refractivity contribution in [1.29, 1.82) is 0 Å². The second-order valence-electron chi connectivity index (χ2n) is 8.03. The van der Waals surface area contributed by atoms with Gasteiger partial charge < -0.3 is 15.3 Å². The third-order valence-electron chi connectivity index (χ3n) is 5.68. The summed E-state index contributed by atoms with van der Waals surface area (Å²) in [6.07, 6.45) is 1.68. The molecule has 1 fully saturated rings. The minimum atomic E-state index is -0.833. The summed E-state index contributed by atoms with van der Waals surface area (Å²) >= 11 is 0. The number of anilines is 1. The van der Waals surface area contributed by atoms with E-state index in [0.29, 0.717) is 11.4 Å². The number of rotatable bonds is 1. The number of halogens is 1. The van der Waals surface area contributed by atoms with Crippen LogP contribution < -0.4 is 10.9 Å². The number of hydrogen-bond donors (Lipinski definition) is 2. The van der Waals surface area contributed by atoms with E-state index >= 15 is 0 Å². The molecule has 0 unspecified atom stereocenters. The molecule has 2 aliphatic heterocycles. The Kier molecular flexibility index (Phi) is 5.75. The molecule has 0 bridgehead atoms. The number of para-hydroxylation sites is 1. The van der Waals surface area contributed by atoms with Crippen LogP contribution in [0.25, 0.3) is 22.6 Å². The number of carboxylic acid groups (broad SMARTS) is 1. The first-order valence-electron chi connectivity index (χ1n) is 10.3. The van der Waals surface area contributed by atoms with Crippen molar-refractivity contribution < 1.29 is 14.3 Å². The fraction of sp³-hybridized carbons (Fsp3) is 0.304. The normalized spacial score (nSPS) is 16.2. The average Bonchev–Trinajstić information content (AvgIpc) is 2.76. The molecular weight excluding hydrogens is 413 g/mol. The molecule has 9 heteroatoms. The van der Waals surface area contributed by atoms with E-state index in [1.54, 1.807) is 12.1 Å². The lowest BCUT2D eigenvalue weighted by molar-refractivity contribution is -0.134. The lowest BCUT2D eigenvalue weighted by Gasteiger charge is -2.46. The van der Waals surface area contributed by atoms with Crippen LogP contribution in [0.2, 0.25) is 0 Å². The van der Waals surface area contributed by atoms with E-state index in [1.165, 1.54) is 12.1 Å². The van der Waals surface area contributed by atoms with Gasteiger partial charge in [-0.3, -0.25) is 9.59 Å². The number of likely N-dealkylation sites (tertiary alicyclic amines) is 1. The molecular formula is C23H24FN5O3. The second-order valence-corrected chi connectivity index (χ2v) is 8.03. The van der Waals surface area contributed by atoms with Gasteiger partial charge in [0.05, 0.1) is 0 Å². The number of hydrogen-bond acceptors (Lipinski definition) is 6. The zero-order valence-electron chi connectivity index (χ0n) is 17.9. The maximum absolute atomic E-state index is 13.3. The fourth-order valence-corrected chi connectivity index (χ4v) is 4.06. The first-order chi connectivity index (χ1) is 15.3. The lowest BCUT2D eigenvalue weighted by atomic mass is 9.93. The van der Waals surface area contributed by atoms with Crippen molar-refractivity contribution in [1.82, 2.24) is 19.7 Å². The molecule has 32 heavy (non-hydrogen) atoms. The van der Waals surface area contributed by atoms with Crippen molar-refractivity contribution in [3.63, 3.8) is 0 Å². The number of carboxylic acids is 1. The van der Waals surface area contributed by atoms with Crippen LogP contribution in [-0.4, -0.2) is 50.9 Å². The van der Waals surface area contributed by atoms with E-state index < -0.39 is 17.2 Å². The van der Waals surface area contributed by atoms with E-state index in [4.69, 9.17) is 15.0 Å². The summed E-state index contributed by atoms with van der Waals surface area (Å²) in [5.41, 5.74) is 1.79. The van der Waals surface area contributed by atoms with E-state index in [0.717, 1.165) is 44.1 Å². The molecule has 166 valence electrons. The summed E-state index contributed by atoms with van der Waals surface area (Å²) < 4.78 is 15.2. The molecule has 0 amide bonds. The van der Waals surface area contributed by atoms with Gasteiger partial charge in [0.15, 0.2) is 11.5 Å². The summed E-state index contributed by atoms with van der Waals surface area (Å²) in [5, 5.41) is 15.8. The molecule has 1 aromatic heterocycles. The highest BCUT2D eigenvalue weighted by atomic mass is 19.1. The molecule has 1 spiro atoms. The number of fused-ring (bicyclic) bond motifs is 4. The molecule has 2 N–H and O–H groups in total. The number of aromatic nitrogens is 3. The van der Waals surface area contributed by atoms with Gasteiger partial charge in [0.25, 0.3) is 11.5 Å². The Morgan fingerprint density at radius 1 is 1.12 bits per heavy atom. The van der Waals surface area contributed by atoms with Gasteiger partial charge in [-0.1, -0.05) is 12.1 Å². The highest BCUT2D eigenvalue weighted by Crippen LogP contribution is 2.41. The number of nitrogens with zero attached hydrogens (tertiary/aromatic N) is 4. The van der Waals surface area contributed by atoms with Crippen LogP contribution in [0.4, 0.5) is 10.1 Å². The third kappa shape index (κ3) is 4.11. The monoisotopic (exact) mass is 437 g/mol. The molecule has 0 aliphatic carbocycles. The van der Waals surface area contributed by atoms with Crippen LogP contribution in [0.3, 0.4) is 0 Å². The highest BCUT2D eigenvalue weighted by molar-refractivity contribution is 5.76. The number of carbonyl (C=O) groups is 1. The summed E-state index contributed by atoms with van der Waals surface area (Å²) in [5.74, 6) is -0.605. The van der Waals surface area contributed by atoms with Crippen LogP contribution >= 0.6 is 0 Å². The van der Waals surface area contributed by atoms with Gasteiger partial charge >= 0.3 is 0 Å². The molecule has 0 atom stereocenters. The predicted octanol–water partition coefficient (Wildman–Crippen LogP) is 3.01. The average molecular weight is 437 g/mol. The summed E-state index contributed by atoms with van der Waals surface area (Å²) in [7, 11) is 2.10. The topological polar surface area (TPSA) is 100 Å². The van der Waals surface area contributed by atoms with E-state index in [9.17, 15) is 9.18 Å². The Morgan fingerprint density at radius 3 is 2.41 bits per heavy atom. The molecule has 2 aromatic carbocycles. The zero-order chi connectivity index (χ0) is 22.9. The summed E-state index contributed by atoms with van der Waals surface area (Å²) in [4.78, 5) is 28.5. The number of piperidine rings is 1. The Labute approximate surface area is 184 Å². The maximum atomic E-state index is 13.3.